The van der Waals surface area contributed by atoms with Gasteiger partial charge < -0.3 is 24.0 Å². The molecule has 1 aromatic heterocycles. The zero-order valence-electron chi connectivity index (χ0n) is 24.8. The van der Waals surface area contributed by atoms with E-state index in [1.165, 1.54) is 4.90 Å². The molecule has 10 nitrogen and oxygen atoms in total. The second kappa shape index (κ2) is 12.4. The third kappa shape index (κ3) is 6.42. The van der Waals surface area contributed by atoms with Crippen LogP contribution in [0.4, 0.5) is 19.4 Å². The van der Waals surface area contributed by atoms with Crippen molar-refractivity contribution < 1.29 is 27.8 Å². The van der Waals surface area contributed by atoms with Crippen molar-refractivity contribution >= 4 is 50.3 Å². The van der Waals surface area contributed by atoms with Gasteiger partial charge in [-0.2, -0.15) is 15.2 Å². The summed E-state index contributed by atoms with van der Waals surface area (Å²) in [6.07, 6.45) is 1.30. The van der Waals surface area contributed by atoms with Gasteiger partial charge in [0.15, 0.2) is 11.6 Å². The highest BCUT2D eigenvalue weighted by molar-refractivity contribution is 9.10. The molecule has 0 bridgehead atoms. The van der Waals surface area contributed by atoms with Gasteiger partial charge in [-0.3, -0.25) is 4.90 Å². The summed E-state index contributed by atoms with van der Waals surface area (Å²) in [6, 6.07) is 1.69. The van der Waals surface area contributed by atoms with Crippen LogP contribution in [0.3, 0.4) is 0 Å². The maximum atomic E-state index is 15.7. The van der Waals surface area contributed by atoms with Gasteiger partial charge in [0.25, 0.3) is 0 Å². The zero-order chi connectivity index (χ0) is 31.1. The minimum absolute atomic E-state index is 0.00633. The van der Waals surface area contributed by atoms with Gasteiger partial charge in [-0.1, -0.05) is 11.6 Å². The summed E-state index contributed by atoms with van der Waals surface area (Å²) in [4.78, 5) is 27.2. The van der Waals surface area contributed by atoms with Crippen LogP contribution >= 0.6 is 27.5 Å². The van der Waals surface area contributed by atoms with E-state index in [0.717, 1.165) is 19.4 Å². The van der Waals surface area contributed by atoms with Gasteiger partial charge in [0.05, 0.1) is 33.9 Å². The number of amides is 1. The van der Waals surface area contributed by atoms with E-state index in [4.69, 9.17) is 30.8 Å². The third-order valence-electron chi connectivity index (χ3n) is 8.18. The molecule has 2 aromatic rings. The van der Waals surface area contributed by atoms with Gasteiger partial charge in [0, 0.05) is 33.1 Å². The molecule has 1 amide bonds. The lowest BCUT2D eigenvalue weighted by Crippen LogP contribution is -2.43. The number of alkyl halides is 1. The van der Waals surface area contributed by atoms with Gasteiger partial charge >= 0.3 is 12.1 Å². The molecule has 1 unspecified atom stereocenters. The highest BCUT2D eigenvalue weighted by Crippen LogP contribution is 2.47. The van der Waals surface area contributed by atoms with Crippen LogP contribution in [0.1, 0.15) is 52.9 Å². The van der Waals surface area contributed by atoms with E-state index in [2.05, 4.69) is 31.9 Å². The molecule has 3 aliphatic rings. The molecule has 2 saturated heterocycles. The van der Waals surface area contributed by atoms with Crippen LogP contribution in [0, 0.1) is 17.1 Å². The highest BCUT2D eigenvalue weighted by Gasteiger charge is 2.49. The summed E-state index contributed by atoms with van der Waals surface area (Å²) in [5, 5.41) is 9.96. The Hall–Kier alpha value is -2.69. The van der Waals surface area contributed by atoms with Crippen molar-refractivity contribution in [2.24, 2.45) is 0 Å². The number of carbonyl (C=O) groups is 1. The van der Waals surface area contributed by atoms with E-state index in [0.29, 0.717) is 38.3 Å². The first kappa shape index (κ1) is 31.7. The predicted molar refractivity (Wildman–Crippen MR) is 161 cm³/mol. The number of nitrogens with zero attached hydrogens (tertiary/aromatic N) is 6. The zero-order valence-corrected chi connectivity index (χ0v) is 27.1. The molecular formula is C29H36BrClF2N6O4. The van der Waals surface area contributed by atoms with Gasteiger partial charge in [0.1, 0.15) is 41.3 Å². The summed E-state index contributed by atoms with van der Waals surface area (Å²) in [5.41, 5.74) is -1.13. The fourth-order valence-electron chi connectivity index (χ4n) is 6.18. The maximum Gasteiger partial charge on any atom is 0.410 e. The Morgan fingerprint density at radius 1 is 1.37 bits per heavy atom. The van der Waals surface area contributed by atoms with Crippen LogP contribution in [0.5, 0.6) is 11.8 Å². The Morgan fingerprint density at radius 2 is 2.14 bits per heavy atom. The first-order chi connectivity index (χ1) is 20.3. The largest absolute Gasteiger partial charge is 0.489 e. The molecule has 14 heteroatoms. The summed E-state index contributed by atoms with van der Waals surface area (Å²) >= 11 is 9.77. The first-order valence-corrected chi connectivity index (χ1v) is 15.6. The quantitative estimate of drug-likeness (QED) is 0.315. The highest BCUT2D eigenvalue weighted by atomic mass is 79.9. The Balaban J connectivity index is 1.49. The van der Waals surface area contributed by atoms with Crippen molar-refractivity contribution in [1.82, 2.24) is 19.8 Å². The van der Waals surface area contributed by atoms with E-state index in [1.54, 1.807) is 27.8 Å². The summed E-state index contributed by atoms with van der Waals surface area (Å²) in [7, 11) is 1.65. The molecule has 0 N–H and O–H groups in total. The van der Waals surface area contributed by atoms with E-state index in [1.807, 2.05) is 4.90 Å². The fourth-order valence-corrected chi connectivity index (χ4v) is 6.78. The number of hydrogen-bond acceptors (Lipinski definition) is 9. The standard InChI is InChI=1S/C29H36BrClF2N6O4/c1-28(2,3)43-27(40)37(4)10-6-12-39-18(7-9-34)15-41-24-19-23(22(33)20(30)21(24)31)35-26(36-25(19)39)42-16-29-8-5-11-38(29)14-17(32)13-29/h17-18H,5-8,10-16H2,1-4H3/t17-,18?,29+/m1/s1. The lowest BCUT2D eigenvalue weighted by molar-refractivity contribution is 0.0297. The van der Waals surface area contributed by atoms with Crippen molar-refractivity contribution in [2.45, 2.75) is 76.2 Å². The molecule has 234 valence electrons. The van der Waals surface area contributed by atoms with Crippen molar-refractivity contribution in [3.8, 4) is 17.8 Å². The smallest absolute Gasteiger partial charge is 0.410 e. The fraction of sp³-hybridized carbons (Fsp3) is 0.655. The summed E-state index contributed by atoms with van der Waals surface area (Å²) in [6.45, 7) is 7.54. The van der Waals surface area contributed by atoms with Crippen molar-refractivity contribution in [1.29, 1.82) is 5.26 Å². The molecule has 1 aromatic carbocycles. The van der Waals surface area contributed by atoms with E-state index in [-0.39, 0.29) is 51.8 Å². The SMILES string of the molecule is CN(CCCN1c2nc(OC[C@@]34CCCN3C[C@H](F)C4)nc3c(F)c(Br)c(Cl)c(c23)OCC1CC#N)C(=O)OC(C)(C)C. The Labute approximate surface area is 263 Å². The molecule has 3 atom stereocenters. The van der Waals surface area contributed by atoms with Crippen molar-refractivity contribution in [3.05, 3.63) is 15.3 Å². The Morgan fingerprint density at radius 3 is 2.86 bits per heavy atom. The van der Waals surface area contributed by atoms with E-state index >= 15 is 4.39 Å². The average molecular weight is 686 g/mol. The van der Waals surface area contributed by atoms with Crippen LogP contribution in [-0.2, 0) is 4.74 Å². The number of benzene rings is 1. The van der Waals surface area contributed by atoms with Gasteiger partial charge in [-0.05, 0) is 62.5 Å². The second-order valence-electron chi connectivity index (χ2n) is 12.5. The molecular weight excluding hydrogens is 650 g/mol. The Kier molecular flexibility index (Phi) is 9.12. The van der Waals surface area contributed by atoms with Crippen molar-refractivity contribution in [2.75, 3.05) is 51.3 Å². The van der Waals surface area contributed by atoms with Gasteiger partial charge in [0.2, 0.25) is 0 Å². The van der Waals surface area contributed by atoms with Crippen LogP contribution in [-0.4, -0.2) is 95.7 Å². The monoisotopic (exact) mass is 684 g/mol. The molecule has 5 rings (SSSR count). The molecule has 0 saturated carbocycles. The molecule has 2 fully saturated rings. The number of ether oxygens (including phenoxy) is 3. The van der Waals surface area contributed by atoms with E-state index in [9.17, 15) is 14.4 Å². The lowest BCUT2D eigenvalue weighted by Gasteiger charge is -2.32. The first-order valence-electron chi connectivity index (χ1n) is 14.4. The topological polar surface area (TPSA) is 104 Å². The molecule has 0 aliphatic carbocycles. The molecule has 0 spiro atoms. The van der Waals surface area contributed by atoms with Crippen LogP contribution in [0.25, 0.3) is 10.9 Å². The molecule has 43 heavy (non-hydrogen) atoms. The molecule has 4 heterocycles. The number of aromatic nitrogens is 2. The number of nitriles is 1. The number of anilines is 1. The number of carbonyl (C=O) groups excluding carboxylic acids is 1. The average Bonchev–Trinajstić information content (AvgIpc) is 3.41. The van der Waals surface area contributed by atoms with Crippen LogP contribution < -0.4 is 14.4 Å². The van der Waals surface area contributed by atoms with Gasteiger partial charge in [-0.15, -0.1) is 0 Å². The second-order valence-corrected chi connectivity index (χ2v) is 13.6. The normalized spacial score (nSPS) is 23.5. The van der Waals surface area contributed by atoms with Gasteiger partial charge in [-0.25, -0.2) is 13.6 Å². The number of fused-ring (bicyclic) bond motifs is 1. The van der Waals surface area contributed by atoms with Crippen LogP contribution in [0.2, 0.25) is 5.02 Å². The van der Waals surface area contributed by atoms with Crippen molar-refractivity contribution in [3.63, 3.8) is 0 Å². The minimum Gasteiger partial charge on any atom is -0.489 e. The lowest BCUT2D eigenvalue weighted by atomic mass is 9.95. The minimum atomic E-state index is -0.928. The molecule has 3 aliphatic heterocycles. The molecule has 0 radical (unpaired) electrons. The number of rotatable bonds is 8. The number of halogens is 4. The number of hydrogen-bond donors (Lipinski definition) is 0. The predicted octanol–water partition coefficient (Wildman–Crippen LogP) is 5.88. The van der Waals surface area contributed by atoms with E-state index < -0.39 is 35.3 Å². The third-order valence-corrected chi connectivity index (χ3v) is 9.51. The van der Waals surface area contributed by atoms with Crippen LogP contribution in [0.15, 0.2) is 4.47 Å². The summed E-state index contributed by atoms with van der Waals surface area (Å²) < 4.78 is 47.8. The Bertz CT molecular complexity index is 1440. The summed E-state index contributed by atoms with van der Waals surface area (Å²) in [5.74, 6) is -0.175. The maximum absolute atomic E-state index is 15.7.